The lowest BCUT2D eigenvalue weighted by Gasteiger charge is -2.18. The first-order valence-electron chi connectivity index (χ1n) is 5.91. The number of benzene rings is 2. The zero-order chi connectivity index (χ0) is 13.0. The minimum Gasteiger partial charge on any atom is -0.392 e. The van der Waals surface area contributed by atoms with E-state index in [-0.39, 0.29) is 12.6 Å². The highest BCUT2D eigenvalue weighted by atomic mass is 35.5. The average Bonchev–Trinajstić information content (AvgIpc) is 2.40. The lowest BCUT2D eigenvalue weighted by molar-refractivity contribution is 0.282. The molecule has 0 aliphatic carbocycles. The maximum absolute atomic E-state index is 9.28. The molecule has 2 nitrogen and oxygen atoms in total. The summed E-state index contributed by atoms with van der Waals surface area (Å²) in [6.45, 7) is 2.12. The van der Waals surface area contributed by atoms with Gasteiger partial charge in [-0.3, -0.25) is 0 Å². The van der Waals surface area contributed by atoms with E-state index in [0.29, 0.717) is 0 Å². The molecule has 0 saturated carbocycles. The maximum atomic E-state index is 9.28. The molecule has 2 aromatic carbocycles. The predicted octanol–water partition coefficient (Wildman–Crippen LogP) is 4.01. The molecule has 0 amide bonds. The number of rotatable bonds is 4. The van der Waals surface area contributed by atoms with Crippen LogP contribution in [-0.2, 0) is 6.61 Å². The molecule has 94 valence electrons. The first-order chi connectivity index (χ1) is 8.70. The number of aliphatic hydroxyl groups excluding tert-OH is 1. The van der Waals surface area contributed by atoms with E-state index < -0.39 is 0 Å². The molecule has 0 radical (unpaired) electrons. The molecule has 18 heavy (non-hydrogen) atoms. The van der Waals surface area contributed by atoms with Gasteiger partial charge in [-0.1, -0.05) is 41.9 Å². The van der Waals surface area contributed by atoms with Gasteiger partial charge in [-0.25, -0.2) is 0 Å². The van der Waals surface area contributed by atoms with Gasteiger partial charge in [-0.2, -0.15) is 0 Å². The van der Waals surface area contributed by atoms with Gasteiger partial charge < -0.3 is 10.4 Å². The molecule has 0 spiro atoms. The lowest BCUT2D eigenvalue weighted by atomic mass is 10.1. The lowest BCUT2D eigenvalue weighted by Crippen LogP contribution is -2.08. The Kier molecular flexibility index (Phi) is 4.24. The van der Waals surface area contributed by atoms with Crippen molar-refractivity contribution in [2.45, 2.75) is 19.6 Å². The summed E-state index contributed by atoms with van der Waals surface area (Å²) in [6.07, 6.45) is 0. The molecule has 0 saturated heterocycles. The number of halogens is 1. The summed E-state index contributed by atoms with van der Waals surface area (Å²) < 4.78 is 0. The number of nitrogens with one attached hydrogen (secondary N) is 1. The zero-order valence-electron chi connectivity index (χ0n) is 10.2. The third kappa shape index (κ3) is 3.03. The molecular weight excluding hydrogens is 246 g/mol. The van der Waals surface area contributed by atoms with Gasteiger partial charge in [0.1, 0.15) is 0 Å². The van der Waals surface area contributed by atoms with Crippen LogP contribution in [0.25, 0.3) is 0 Å². The summed E-state index contributed by atoms with van der Waals surface area (Å²) in [5.74, 6) is 0. The molecule has 2 N–H and O–H groups in total. The molecule has 1 unspecified atom stereocenters. The standard InChI is InChI=1S/C15H16ClNO/c1-11(12-6-8-14(16)9-7-12)17-15-5-3-2-4-13(15)10-18/h2-9,11,17-18H,10H2,1H3. The van der Waals surface area contributed by atoms with Crippen LogP contribution in [0.1, 0.15) is 24.1 Å². The minimum atomic E-state index is 0.0382. The van der Waals surface area contributed by atoms with Gasteiger partial charge in [0, 0.05) is 22.3 Å². The second kappa shape index (κ2) is 5.89. The Hall–Kier alpha value is -1.51. The van der Waals surface area contributed by atoms with Crippen molar-refractivity contribution in [3.05, 3.63) is 64.7 Å². The van der Waals surface area contributed by atoms with Crippen molar-refractivity contribution in [3.8, 4) is 0 Å². The van der Waals surface area contributed by atoms with Crippen LogP contribution in [0.15, 0.2) is 48.5 Å². The molecule has 0 bridgehead atoms. The van der Waals surface area contributed by atoms with E-state index in [1.807, 2.05) is 48.5 Å². The Morgan fingerprint density at radius 2 is 1.78 bits per heavy atom. The van der Waals surface area contributed by atoms with Crippen LogP contribution in [0, 0.1) is 0 Å². The molecular formula is C15H16ClNO. The van der Waals surface area contributed by atoms with E-state index in [2.05, 4.69) is 12.2 Å². The zero-order valence-corrected chi connectivity index (χ0v) is 11.0. The molecule has 3 heteroatoms. The Morgan fingerprint density at radius 3 is 2.44 bits per heavy atom. The molecule has 0 aromatic heterocycles. The van der Waals surface area contributed by atoms with Crippen LogP contribution in [0.2, 0.25) is 5.02 Å². The highest BCUT2D eigenvalue weighted by Crippen LogP contribution is 2.23. The number of hydrogen-bond acceptors (Lipinski definition) is 2. The fourth-order valence-electron chi connectivity index (χ4n) is 1.87. The summed E-state index contributed by atoms with van der Waals surface area (Å²) in [4.78, 5) is 0. The van der Waals surface area contributed by atoms with Crippen molar-refractivity contribution in [2.75, 3.05) is 5.32 Å². The quantitative estimate of drug-likeness (QED) is 0.872. The van der Waals surface area contributed by atoms with Gasteiger partial charge in [0.15, 0.2) is 0 Å². The van der Waals surface area contributed by atoms with Gasteiger partial charge in [0.05, 0.1) is 6.61 Å². The molecule has 0 heterocycles. The fraction of sp³-hybridized carbons (Fsp3) is 0.200. The van der Waals surface area contributed by atoms with Gasteiger partial charge in [-0.05, 0) is 30.7 Å². The van der Waals surface area contributed by atoms with Crippen LogP contribution in [0.3, 0.4) is 0 Å². The third-order valence-corrected chi connectivity index (χ3v) is 3.18. The van der Waals surface area contributed by atoms with E-state index in [0.717, 1.165) is 21.8 Å². The minimum absolute atomic E-state index is 0.0382. The molecule has 0 aliphatic heterocycles. The Labute approximate surface area is 112 Å². The Balaban J connectivity index is 2.15. The largest absolute Gasteiger partial charge is 0.392 e. The smallest absolute Gasteiger partial charge is 0.0701 e. The van der Waals surface area contributed by atoms with Crippen molar-refractivity contribution < 1.29 is 5.11 Å². The third-order valence-electron chi connectivity index (χ3n) is 2.93. The van der Waals surface area contributed by atoms with Crippen molar-refractivity contribution in [2.24, 2.45) is 0 Å². The maximum Gasteiger partial charge on any atom is 0.0701 e. The summed E-state index contributed by atoms with van der Waals surface area (Å²) in [6, 6.07) is 15.7. The van der Waals surface area contributed by atoms with Crippen LogP contribution in [0.5, 0.6) is 0 Å². The van der Waals surface area contributed by atoms with Gasteiger partial charge in [0.2, 0.25) is 0 Å². The number of anilines is 1. The van der Waals surface area contributed by atoms with Crippen LogP contribution >= 0.6 is 11.6 Å². The topological polar surface area (TPSA) is 32.3 Å². The second-order valence-corrected chi connectivity index (χ2v) is 4.67. The van der Waals surface area contributed by atoms with Crippen LogP contribution in [-0.4, -0.2) is 5.11 Å². The van der Waals surface area contributed by atoms with E-state index in [1.165, 1.54) is 0 Å². The van der Waals surface area contributed by atoms with Crippen molar-refractivity contribution >= 4 is 17.3 Å². The van der Waals surface area contributed by atoms with E-state index >= 15 is 0 Å². The average molecular weight is 262 g/mol. The number of para-hydroxylation sites is 1. The van der Waals surface area contributed by atoms with E-state index in [4.69, 9.17) is 11.6 Å². The molecule has 0 fully saturated rings. The van der Waals surface area contributed by atoms with Crippen LogP contribution in [0.4, 0.5) is 5.69 Å². The predicted molar refractivity (Wildman–Crippen MR) is 75.9 cm³/mol. The number of hydrogen-bond donors (Lipinski definition) is 2. The van der Waals surface area contributed by atoms with Gasteiger partial charge in [0.25, 0.3) is 0 Å². The summed E-state index contributed by atoms with van der Waals surface area (Å²) in [5, 5.41) is 13.4. The van der Waals surface area contributed by atoms with Gasteiger partial charge in [-0.15, -0.1) is 0 Å². The molecule has 1 atom stereocenters. The fourth-order valence-corrected chi connectivity index (χ4v) is 1.99. The van der Waals surface area contributed by atoms with E-state index in [9.17, 15) is 5.11 Å². The number of aliphatic hydroxyl groups is 1. The van der Waals surface area contributed by atoms with Crippen LogP contribution < -0.4 is 5.32 Å². The van der Waals surface area contributed by atoms with Gasteiger partial charge >= 0.3 is 0 Å². The first-order valence-corrected chi connectivity index (χ1v) is 6.29. The Bertz CT molecular complexity index is 510. The molecule has 2 aromatic rings. The molecule has 2 rings (SSSR count). The van der Waals surface area contributed by atoms with Crippen molar-refractivity contribution in [1.82, 2.24) is 0 Å². The first kappa shape index (κ1) is 12.9. The van der Waals surface area contributed by atoms with Crippen molar-refractivity contribution in [3.63, 3.8) is 0 Å². The summed E-state index contributed by atoms with van der Waals surface area (Å²) in [7, 11) is 0. The normalized spacial score (nSPS) is 12.2. The molecule has 0 aliphatic rings. The van der Waals surface area contributed by atoms with E-state index in [1.54, 1.807) is 0 Å². The Morgan fingerprint density at radius 1 is 1.11 bits per heavy atom. The highest BCUT2D eigenvalue weighted by molar-refractivity contribution is 6.30. The SMILES string of the molecule is CC(Nc1ccccc1CO)c1ccc(Cl)cc1. The van der Waals surface area contributed by atoms with Crippen molar-refractivity contribution in [1.29, 1.82) is 0 Å². The monoisotopic (exact) mass is 261 g/mol. The summed E-state index contributed by atoms with van der Waals surface area (Å²) >= 11 is 5.87. The highest BCUT2D eigenvalue weighted by Gasteiger charge is 2.07. The summed E-state index contributed by atoms with van der Waals surface area (Å²) in [5.41, 5.74) is 3.02. The second-order valence-electron chi connectivity index (χ2n) is 4.23.